The minimum atomic E-state index is -3.63. The number of carbonyl (C=O) groups excluding carboxylic acids is 1. The molecule has 1 aliphatic heterocycles. The number of aromatic carboxylic acids is 1. The van der Waals surface area contributed by atoms with E-state index in [0.717, 1.165) is 10.6 Å². The Balaban J connectivity index is 1.89. The highest BCUT2D eigenvalue weighted by atomic mass is 32.2. The molecule has 25 heavy (non-hydrogen) atoms. The normalized spacial score (nSPS) is 18.4. The van der Waals surface area contributed by atoms with Crippen LogP contribution in [0.2, 0.25) is 0 Å². The molecule has 9 nitrogen and oxygen atoms in total. The molecule has 0 unspecified atom stereocenters. The molecule has 1 aromatic heterocycles. The van der Waals surface area contributed by atoms with Gasteiger partial charge in [0.1, 0.15) is 17.0 Å². The minimum Gasteiger partial charge on any atom is -0.477 e. The maximum Gasteiger partial charge on any atom is 0.341 e. The second kappa shape index (κ2) is 5.70. The summed E-state index contributed by atoms with van der Waals surface area (Å²) in [5, 5.41) is 17.7. The second-order valence-electron chi connectivity index (χ2n) is 6.22. The number of sulfone groups is 1. The molecule has 2 aliphatic rings. The summed E-state index contributed by atoms with van der Waals surface area (Å²) in [6, 6.07) is 4.00. The number of aromatic nitrogens is 1. The minimum absolute atomic E-state index is 0.0231. The van der Waals surface area contributed by atoms with Gasteiger partial charge >= 0.3 is 5.97 Å². The first-order valence-corrected chi connectivity index (χ1v) is 9.23. The number of nitriles is 1. The van der Waals surface area contributed by atoms with Gasteiger partial charge in [0.2, 0.25) is 0 Å². The predicted octanol–water partition coefficient (Wildman–Crippen LogP) is -0.527. The van der Waals surface area contributed by atoms with Gasteiger partial charge in [-0.2, -0.15) is 5.26 Å². The number of nitrogens with zero attached hydrogens (tertiary/aromatic N) is 3. The Kier molecular flexibility index (Phi) is 3.91. The van der Waals surface area contributed by atoms with Gasteiger partial charge in [0, 0.05) is 19.6 Å². The molecular weight excluding hydrogens is 350 g/mol. The SMILES string of the molecule is N#CCS(=O)(=O)C1(CN2CCn3c(ccc(C(=O)O)c3=O)C2=O)CC1. The van der Waals surface area contributed by atoms with Crippen LogP contribution in [0.25, 0.3) is 0 Å². The maximum absolute atomic E-state index is 12.6. The summed E-state index contributed by atoms with van der Waals surface area (Å²) in [6.45, 7) is 0.179. The molecule has 1 N–H and O–H groups in total. The van der Waals surface area contributed by atoms with E-state index in [9.17, 15) is 22.8 Å². The number of carboxylic acids is 1. The first-order valence-electron chi connectivity index (χ1n) is 7.58. The lowest BCUT2D eigenvalue weighted by Gasteiger charge is -2.32. The molecule has 0 saturated heterocycles. The van der Waals surface area contributed by atoms with Crippen molar-refractivity contribution in [3.8, 4) is 6.07 Å². The fraction of sp³-hybridized carbons (Fsp3) is 0.467. The Morgan fingerprint density at radius 1 is 1.28 bits per heavy atom. The predicted molar refractivity (Wildman–Crippen MR) is 84.9 cm³/mol. The van der Waals surface area contributed by atoms with Gasteiger partial charge in [-0.25, -0.2) is 13.2 Å². The molecule has 0 radical (unpaired) electrons. The molecule has 1 aliphatic carbocycles. The summed E-state index contributed by atoms with van der Waals surface area (Å²) in [6.07, 6.45) is 0.789. The van der Waals surface area contributed by atoms with Crippen LogP contribution in [0.3, 0.4) is 0 Å². The number of hydrogen-bond acceptors (Lipinski definition) is 6. The Bertz CT molecular complexity index is 968. The van der Waals surface area contributed by atoms with Crippen molar-refractivity contribution < 1.29 is 23.1 Å². The van der Waals surface area contributed by atoms with Crippen molar-refractivity contribution in [2.45, 2.75) is 24.1 Å². The molecule has 10 heteroatoms. The van der Waals surface area contributed by atoms with E-state index in [1.165, 1.54) is 11.0 Å². The van der Waals surface area contributed by atoms with Crippen molar-refractivity contribution in [2.24, 2.45) is 0 Å². The van der Waals surface area contributed by atoms with Gasteiger partial charge < -0.3 is 14.6 Å². The number of fused-ring (bicyclic) bond motifs is 1. The monoisotopic (exact) mass is 365 g/mol. The lowest BCUT2D eigenvalue weighted by molar-refractivity contribution is 0.0671. The van der Waals surface area contributed by atoms with Crippen LogP contribution in [0.4, 0.5) is 0 Å². The van der Waals surface area contributed by atoms with Gasteiger partial charge in [-0.1, -0.05) is 0 Å². The molecule has 1 fully saturated rings. The van der Waals surface area contributed by atoms with Crippen LogP contribution in [0.1, 0.15) is 33.7 Å². The molecule has 0 spiro atoms. The van der Waals surface area contributed by atoms with E-state index in [2.05, 4.69) is 0 Å². The van der Waals surface area contributed by atoms with Gasteiger partial charge in [0.05, 0.1) is 10.8 Å². The van der Waals surface area contributed by atoms with Gasteiger partial charge in [0.25, 0.3) is 11.5 Å². The number of rotatable bonds is 5. The zero-order chi connectivity index (χ0) is 18.4. The van der Waals surface area contributed by atoms with E-state index in [4.69, 9.17) is 10.4 Å². The highest BCUT2D eigenvalue weighted by Gasteiger charge is 2.55. The van der Waals surface area contributed by atoms with Crippen molar-refractivity contribution in [2.75, 3.05) is 18.8 Å². The maximum atomic E-state index is 12.6. The zero-order valence-electron chi connectivity index (χ0n) is 13.1. The Morgan fingerprint density at radius 3 is 2.52 bits per heavy atom. The highest BCUT2D eigenvalue weighted by molar-refractivity contribution is 7.93. The third-order valence-corrected chi connectivity index (χ3v) is 7.07. The fourth-order valence-electron chi connectivity index (χ4n) is 3.08. The summed E-state index contributed by atoms with van der Waals surface area (Å²) in [4.78, 5) is 37.1. The number of amides is 1. The Morgan fingerprint density at radius 2 is 1.96 bits per heavy atom. The van der Waals surface area contributed by atoms with E-state index in [1.807, 2.05) is 0 Å². The largest absolute Gasteiger partial charge is 0.477 e. The molecule has 0 bridgehead atoms. The number of carbonyl (C=O) groups is 2. The van der Waals surface area contributed by atoms with E-state index in [-0.39, 0.29) is 25.3 Å². The molecule has 0 aromatic carbocycles. The standard InChI is InChI=1S/C15H15N3O6S/c16-5-8-25(23,24)15(3-4-15)9-17-6-7-18-11(13(17)20)2-1-10(12(18)19)14(21)22/h1-2H,3-4,6-9H2,(H,21,22). The molecule has 1 amide bonds. The van der Waals surface area contributed by atoms with Crippen molar-refractivity contribution in [3.05, 3.63) is 33.7 Å². The van der Waals surface area contributed by atoms with Gasteiger partial charge in [-0.05, 0) is 25.0 Å². The zero-order valence-corrected chi connectivity index (χ0v) is 14.0. The molecule has 2 heterocycles. The summed E-state index contributed by atoms with van der Waals surface area (Å²) < 4.78 is 24.5. The van der Waals surface area contributed by atoms with Gasteiger partial charge in [-0.3, -0.25) is 9.59 Å². The molecule has 132 valence electrons. The first kappa shape index (κ1) is 17.2. The molecule has 1 aromatic rings. The Labute approximate surface area is 143 Å². The van der Waals surface area contributed by atoms with Crippen LogP contribution >= 0.6 is 0 Å². The summed E-state index contributed by atoms with van der Waals surface area (Å²) in [7, 11) is -3.63. The van der Waals surface area contributed by atoms with Crippen molar-refractivity contribution >= 4 is 21.7 Å². The van der Waals surface area contributed by atoms with Crippen LogP contribution in [0.5, 0.6) is 0 Å². The number of carboxylic acid groups (broad SMARTS) is 1. The van der Waals surface area contributed by atoms with E-state index in [1.54, 1.807) is 6.07 Å². The molecule has 3 rings (SSSR count). The summed E-state index contributed by atoms with van der Waals surface area (Å²) in [5.74, 6) is -2.47. The van der Waals surface area contributed by atoms with E-state index >= 15 is 0 Å². The topological polar surface area (TPSA) is 138 Å². The third kappa shape index (κ3) is 2.70. The quantitative estimate of drug-likeness (QED) is 0.740. The lowest BCUT2D eigenvalue weighted by Crippen LogP contribution is -2.49. The van der Waals surface area contributed by atoms with Crippen LogP contribution < -0.4 is 5.56 Å². The van der Waals surface area contributed by atoms with E-state index in [0.29, 0.717) is 12.8 Å². The molecule has 1 saturated carbocycles. The number of hydrogen-bond donors (Lipinski definition) is 1. The summed E-state index contributed by atoms with van der Waals surface area (Å²) >= 11 is 0. The van der Waals surface area contributed by atoms with Gasteiger partial charge in [0.15, 0.2) is 9.84 Å². The third-order valence-electron chi connectivity index (χ3n) is 4.71. The second-order valence-corrected chi connectivity index (χ2v) is 8.61. The van der Waals surface area contributed by atoms with Crippen LogP contribution in [-0.4, -0.2) is 58.5 Å². The average molecular weight is 365 g/mol. The van der Waals surface area contributed by atoms with E-state index < -0.39 is 43.3 Å². The lowest BCUT2D eigenvalue weighted by atomic mass is 10.1. The smallest absolute Gasteiger partial charge is 0.341 e. The number of pyridine rings is 1. The van der Waals surface area contributed by atoms with Crippen LogP contribution in [0.15, 0.2) is 16.9 Å². The van der Waals surface area contributed by atoms with Crippen molar-refractivity contribution in [3.63, 3.8) is 0 Å². The Hall–Kier alpha value is -2.67. The van der Waals surface area contributed by atoms with Crippen LogP contribution in [0, 0.1) is 11.3 Å². The van der Waals surface area contributed by atoms with Gasteiger partial charge in [-0.15, -0.1) is 0 Å². The van der Waals surface area contributed by atoms with Crippen molar-refractivity contribution in [1.29, 1.82) is 5.26 Å². The van der Waals surface area contributed by atoms with Crippen molar-refractivity contribution in [1.82, 2.24) is 9.47 Å². The summed E-state index contributed by atoms with van der Waals surface area (Å²) in [5.41, 5.74) is -1.13. The highest BCUT2D eigenvalue weighted by Crippen LogP contribution is 2.45. The molecule has 0 atom stereocenters. The molecular formula is C15H15N3O6S. The first-order chi connectivity index (χ1) is 11.7. The average Bonchev–Trinajstić information content (AvgIpc) is 3.32. The fourth-order valence-corrected chi connectivity index (χ4v) is 4.63. The van der Waals surface area contributed by atoms with Crippen LogP contribution in [-0.2, 0) is 16.4 Å².